The number of rotatable bonds is 5. The second-order valence-corrected chi connectivity index (χ2v) is 7.29. The Balaban J connectivity index is 1.36. The summed E-state index contributed by atoms with van der Waals surface area (Å²) in [6.45, 7) is 5.43. The number of piperazine rings is 1. The molecule has 0 aliphatic carbocycles. The van der Waals surface area contributed by atoms with Crippen LogP contribution in [0.15, 0.2) is 42.9 Å². The lowest BCUT2D eigenvalue weighted by Gasteiger charge is -2.42. The number of aromatic nitrogens is 3. The van der Waals surface area contributed by atoms with Crippen LogP contribution in [0, 0.1) is 10.1 Å². The van der Waals surface area contributed by atoms with Gasteiger partial charge in [-0.2, -0.15) is 0 Å². The van der Waals surface area contributed by atoms with Gasteiger partial charge in [-0.15, -0.1) is 0 Å². The predicted molar refractivity (Wildman–Crippen MR) is 109 cm³/mol. The summed E-state index contributed by atoms with van der Waals surface area (Å²) in [4.78, 5) is 27.7. The molecular weight excluding hydrogens is 388 g/mol. The molecule has 0 bridgehead atoms. The molecule has 10 nitrogen and oxygen atoms in total. The zero-order chi connectivity index (χ0) is 20.5. The molecule has 2 aliphatic heterocycles. The van der Waals surface area contributed by atoms with Crippen molar-refractivity contribution < 1.29 is 14.4 Å². The Hall–Kier alpha value is -3.37. The summed E-state index contributed by atoms with van der Waals surface area (Å²) >= 11 is 0. The molecule has 0 radical (unpaired) electrons. The third-order valence-corrected chi connectivity index (χ3v) is 5.48. The summed E-state index contributed by atoms with van der Waals surface area (Å²) < 4.78 is 11.2. The molecule has 5 heterocycles. The Morgan fingerprint density at radius 2 is 1.90 bits per heavy atom. The Bertz CT molecular complexity index is 1060. The van der Waals surface area contributed by atoms with Crippen molar-refractivity contribution in [2.75, 3.05) is 44.3 Å². The number of nitrogens with zero attached hydrogens (tertiary/aromatic N) is 6. The molecule has 0 saturated carbocycles. The van der Waals surface area contributed by atoms with Gasteiger partial charge in [-0.05, 0) is 28.1 Å². The van der Waals surface area contributed by atoms with E-state index >= 15 is 0 Å². The largest absolute Gasteiger partial charge is 0.453 e. The SMILES string of the molecule is O=[N+]([O-])c1ccc(Oc2ccnc3cnc(N4CCN(C5COC5)CC4)cc23)cn1. The van der Waals surface area contributed by atoms with Crippen molar-refractivity contribution in [3.63, 3.8) is 0 Å². The van der Waals surface area contributed by atoms with Gasteiger partial charge in [0.15, 0.2) is 11.9 Å². The number of anilines is 1. The second-order valence-electron chi connectivity index (χ2n) is 7.29. The molecule has 3 aromatic rings. The van der Waals surface area contributed by atoms with E-state index in [-0.39, 0.29) is 5.82 Å². The molecule has 0 amide bonds. The first-order chi connectivity index (χ1) is 14.7. The zero-order valence-corrected chi connectivity index (χ0v) is 16.2. The Morgan fingerprint density at radius 3 is 2.57 bits per heavy atom. The van der Waals surface area contributed by atoms with E-state index in [9.17, 15) is 10.1 Å². The number of hydrogen-bond donors (Lipinski definition) is 0. The van der Waals surface area contributed by atoms with Gasteiger partial charge in [0.2, 0.25) is 0 Å². The van der Waals surface area contributed by atoms with Crippen LogP contribution < -0.4 is 9.64 Å². The summed E-state index contributed by atoms with van der Waals surface area (Å²) in [6.07, 6.45) is 4.74. The minimum absolute atomic E-state index is 0.221. The van der Waals surface area contributed by atoms with Crippen molar-refractivity contribution in [3.8, 4) is 11.5 Å². The quantitative estimate of drug-likeness (QED) is 0.464. The number of fused-ring (bicyclic) bond motifs is 1. The van der Waals surface area contributed by atoms with Crippen molar-refractivity contribution in [2.24, 2.45) is 0 Å². The summed E-state index contributed by atoms with van der Waals surface area (Å²) in [5, 5.41) is 11.6. The van der Waals surface area contributed by atoms with Crippen LogP contribution in [0.3, 0.4) is 0 Å². The van der Waals surface area contributed by atoms with Gasteiger partial charge in [0.05, 0.1) is 31.0 Å². The van der Waals surface area contributed by atoms with Crippen molar-refractivity contribution in [3.05, 3.63) is 53.0 Å². The minimum atomic E-state index is -0.540. The van der Waals surface area contributed by atoms with Gasteiger partial charge in [0.25, 0.3) is 0 Å². The van der Waals surface area contributed by atoms with Crippen molar-refractivity contribution in [1.29, 1.82) is 0 Å². The van der Waals surface area contributed by atoms with Crippen LogP contribution in [0.1, 0.15) is 0 Å². The van der Waals surface area contributed by atoms with Crippen molar-refractivity contribution in [1.82, 2.24) is 19.9 Å². The molecule has 0 N–H and O–H groups in total. The first kappa shape index (κ1) is 18.6. The van der Waals surface area contributed by atoms with Crippen molar-refractivity contribution >= 4 is 22.5 Å². The highest BCUT2D eigenvalue weighted by Crippen LogP contribution is 2.31. The molecular formula is C20H20N6O4. The van der Waals surface area contributed by atoms with Crippen LogP contribution in [0.5, 0.6) is 11.5 Å². The molecule has 0 unspecified atom stereocenters. The van der Waals surface area contributed by atoms with E-state index in [1.165, 1.54) is 18.3 Å². The Morgan fingerprint density at radius 1 is 1.07 bits per heavy atom. The number of pyridine rings is 3. The smallest absolute Gasteiger partial charge is 0.363 e. The lowest BCUT2D eigenvalue weighted by Crippen LogP contribution is -2.56. The minimum Gasteiger partial charge on any atom is -0.453 e. The standard InChI is InChI=1S/C20H20N6O4/c27-26(28)19-2-1-15(10-22-19)30-18-3-4-21-17-11-23-20(9-16(17)18)25-7-5-24(6-8-25)14-12-29-13-14/h1-4,9-11,14H,5-8,12-13H2. The molecule has 2 fully saturated rings. The summed E-state index contributed by atoms with van der Waals surface area (Å²) in [5.74, 6) is 1.68. The van der Waals surface area contributed by atoms with Gasteiger partial charge >= 0.3 is 5.82 Å². The van der Waals surface area contributed by atoms with Gasteiger partial charge < -0.3 is 24.5 Å². The molecule has 154 valence electrons. The highest BCUT2D eigenvalue weighted by Gasteiger charge is 2.29. The van der Waals surface area contributed by atoms with Crippen LogP contribution in [0.25, 0.3) is 10.9 Å². The number of ether oxygens (including phenoxy) is 2. The maximum Gasteiger partial charge on any atom is 0.363 e. The van der Waals surface area contributed by atoms with Crippen molar-refractivity contribution in [2.45, 2.75) is 6.04 Å². The maximum absolute atomic E-state index is 10.8. The molecule has 30 heavy (non-hydrogen) atoms. The van der Waals surface area contributed by atoms with Gasteiger partial charge in [-0.3, -0.25) is 9.88 Å². The van der Waals surface area contributed by atoms with Crippen LogP contribution in [0.2, 0.25) is 0 Å². The molecule has 0 atom stereocenters. The van der Waals surface area contributed by atoms with E-state index in [0.29, 0.717) is 17.5 Å². The maximum atomic E-state index is 10.8. The van der Waals surface area contributed by atoms with E-state index in [1.54, 1.807) is 18.5 Å². The fourth-order valence-corrected chi connectivity index (χ4v) is 3.69. The van der Waals surface area contributed by atoms with Gasteiger partial charge in [0.1, 0.15) is 11.6 Å². The average molecular weight is 408 g/mol. The average Bonchev–Trinajstić information content (AvgIpc) is 2.73. The summed E-state index contributed by atoms with van der Waals surface area (Å²) in [5.41, 5.74) is 0.719. The first-order valence-corrected chi connectivity index (χ1v) is 9.77. The third kappa shape index (κ3) is 3.62. The van der Waals surface area contributed by atoms with E-state index in [1.807, 2.05) is 6.07 Å². The lowest BCUT2D eigenvalue weighted by atomic mass is 10.1. The third-order valence-electron chi connectivity index (χ3n) is 5.48. The fourth-order valence-electron chi connectivity index (χ4n) is 3.69. The monoisotopic (exact) mass is 408 g/mol. The Kier molecular flexibility index (Phi) is 4.85. The van der Waals surface area contributed by atoms with Gasteiger partial charge in [-0.1, -0.05) is 0 Å². The lowest BCUT2D eigenvalue weighted by molar-refractivity contribution is -0.389. The van der Waals surface area contributed by atoms with Crippen LogP contribution in [-0.2, 0) is 4.74 Å². The molecule has 0 aromatic carbocycles. The zero-order valence-electron chi connectivity index (χ0n) is 16.2. The molecule has 2 aliphatic rings. The number of nitro groups is 1. The van der Waals surface area contributed by atoms with Gasteiger partial charge in [-0.25, -0.2) is 4.98 Å². The summed E-state index contributed by atoms with van der Waals surface area (Å²) in [7, 11) is 0. The fraction of sp³-hybridized carbons (Fsp3) is 0.350. The van der Waals surface area contributed by atoms with Crippen LogP contribution in [-0.4, -0.2) is 70.2 Å². The Labute approximate surface area is 172 Å². The van der Waals surface area contributed by atoms with E-state index in [4.69, 9.17) is 9.47 Å². The first-order valence-electron chi connectivity index (χ1n) is 9.77. The van der Waals surface area contributed by atoms with Gasteiger partial charge in [0, 0.05) is 43.8 Å². The van der Waals surface area contributed by atoms with E-state index in [0.717, 1.165) is 56.1 Å². The summed E-state index contributed by atoms with van der Waals surface area (Å²) in [6, 6.07) is 7.15. The molecule has 3 aromatic heterocycles. The number of hydrogen-bond acceptors (Lipinski definition) is 9. The topological polar surface area (TPSA) is 107 Å². The molecule has 0 spiro atoms. The molecule has 2 saturated heterocycles. The van der Waals surface area contributed by atoms with E-state index in [2.05, 4.69) is 24.8 Å². The highest BCUT2D eigenvalue weighted by atomic mass is 16.6. The molecule has 10 heteroatoms. The molecule has 5 rings (SSSR count). The second kappa shape index (κ2) is 7.81. The predicted octanol–water partition coefficient (Wildman–Crippen LogP) is 2.25. The van der Waals surface area contributed by atoms with Crippen LogP contribution in [0.4, 0.5) is 11.6 Å². The van der Waals surface area contributed by atoms with E-state index < -0.39 is 4.92 Å². The normalized spacial score (nSPS) is 17.7. The highest BCUT2D eigenvalue weighted by molar-refractivity contribution is 5.86. The van der Waals surface area contributed by atoms with Crippen LogP contribution >= 0.6 is 0 Å².